The van der Waals surface area contributed by atoms with E-state index in [0.29, 0.717) is 6.61 Å². The first-order valence-electron chi connectivity index (χ1n) is 8.80. The van der Waals surface area contributed by atoms with Gasteiger partial charge < -0.3 is 14.4 Å². The maximum absolute atomic E-state index is 6.05. The Morgan fingerprint density at radius 1 is 1.04 bits per heavy atom. The lowest BCUT2D eigenvalue weighted by Crippen LogP contribution is -2.23. The van der Waals surface area contributed by atoms with Gasteiger partial charge in [-0.05, 0) is 57.9 Å². The van der Waals surface area contributed by atoms with Gasteiger partial charge in [-0.1, -0.05) is 0 Å². The summed E-state index contributed by atoms with van der Waals surface area (Å²) in [4.78, 5) is 2.31. The highest BCUT2D eigenvalue weighted by Gasteiger charge is 2.23. The highest BCUT2D eigenvalue weighted by molar-refractivity contribution is 5.34. The van der Waals surface area contributed by atoms with Crippen molar-refractivity contribution in [1.82, 2.24) is 14.8 Å². The number of ether oxygens (including phenoxy) is 2. The van der Waals surface area contributed by atoms with Crippen LogP contribution < -0.4 is 14.4 Å². The summed E-state index contributed by atoms with van der Waals surface area (Å²) in [6.07, 6.45) is 2.29. The van der Waals surface area contributed by atoms with E-state index >= 15 is 0 Å². The van der Waals surface area contributed by atoms with Crippen LogP contribution in [0.15, 0.2) is 24.3 Å². The lowest BCUT2D eigenvalue weighted by molar-refractivity contribution is 0.210. The van der Waals surface area contributed by atoms with Crippen LogP contribution in [0.25, 0.3) is 0 Å². The molecule has 6 nitrogen and oxygen atoms in total. The molecule has 1 aliphatic heterocycles. The molecule has 1 aromatic carbocycles. The molecule has 24 heavy (non-hydrogen) atoms. The Morgan fingerprint density at radius 2 is 1.71 bits per heavy atom. The van der Waals surface area contributed by atoms with E-state index < -0.39 is 0 Å². The summed E-state index contributed by atoms with van der Waals surface area (Å²) >= 11 is 0. The monoisotopic (exact) mass is 330 g/mol. The molecule has 1 unspecified atom stereocenters. The van der Waals surface area contributed by atoms with Gasteiger partial charge in [0.15, 0.2) is 11.9 Å². The minimum Gasteiger partial charge on any atom is -0.494 e. The van der Waals surface area contributed by atoms with Gasteiger partial charge in [-0.2, -0.15) is 0 Å². The molecule has 1 fully saturated rings. The average molecular weight is 330 g/mol. The predicted octanol–water partition coefficient (Wildman–Crippen LogP) is 3.44. The Kier molecular flexibility index (Phi) is 5.23. The molecule has 0 N–H and O–H groups in total. The number of rotatable bonds is 7. The van der Waals surface area contributed by atoms with E-state index in [1.54, 1.807) is 0 Å². The van der Waals surface area contributed by atoms with Gasteiger partial charge in [-0.3, -0.25) is 4.57 Å². The minimum absolute atomic E-state index is 0.160. The first-order valence-corrected chi connectivity index (χ1v) is 8.80. The normalized spacial score (nSPS) is 15.5. The first-order chi connectivity index (χ1) is 11.7. The van der Waals surface area contributed by atoms with Crippen LogP contribution in [0.4, 0.5) is 5.95 Å². The summed E-state index contributed by atoms with van der Waals surface area (Å²) in [5.41, 5.74) is 0. The molecular formula is C18H26N4O2. The highest BCUT2D eigenvalue weighted by atomic mass is 16.5. The smallest absolute Gasteiger partial charge is 0.227 e. The Labute approximate surface area is 143 Å². The van der Waals surface area contributed by atoms with Crippen molar-refractivity contribution in [2.45, 2.75) is 46.3 Å². The van der Waals surface area contributed by atoms with Crippen molar-refractivity contribution in [3.05, 3.63) is 30.1 Å². The third kappa shape index (κ3) is 3.47. The molecule has 1 saturated heterocycles. The van der Waals surface area contributed by atoms with Gasteiger partial charge in [0.25, 0.3) is 0 Å². The molecule has 0 amide bonds. The summed E-state index contributed by atoms with van der Waals surface area (Å²) in [5.74, 6) is 3.49. The number of nitrogens with zero attached hydrogens (tertiary/aromatic N) is 4. The number of benzene rings is 1. The van der Waals surface area contributed by atoms with Crippen molar-refractivity contribution < 1.29 is 9.47 Å². The van der Waals surface area contributed by atoms with E-state index in [0.717, 1.165) is 42.9 Å². The summed E-state index contributed by atoms with van der Waals surface area (Å²) in [7, 11) is 0. The second kappa shape index (κ2) is 7.55. The molecule has 2 heterocycles. The molecule has 1 aromatic heterocycles. The second-order valence-electron chi connectivity index (χ2n) is 5.96. The van der Waals surface area contributed by atoms with Gasteiger partial charge in [-0.15, -0.1) is 10.2 Å². The summed E-state index contributed by atoms with van der Waals surface area (Å²) in [6, 6.07) is 7.70. The van der Waals surface area contributed by atoms with Crippen LogP contribution in [-0.4, -0.2) is 34.5 Å². The molecule has 0 saturated carbocycles. The standard InChI is InChI=1S/C18H26N4O2/c1-4-22-17(19-20-18(22)21-12-6-7-13-21)14(3)24-16-10-8-15(9-11-16)23-5-2/h8-11,14H,4-7,12-13H2,1-3H3. The van der Waals surface area contributed by atoms with E-state index in [1.165, 1.54) is 12.8 Å². The van der Waals surface area contributed by atoms with Crippen LogP contribution in [0, 0.1) is 0 Å². The summed E-state index contributed by atoms with van der Waals surface area (Å²) in [6.45, 7) is 9.73. The number of hydrogen-bond donors (Lipinski definition) is 0. The Morgan fingerprint density at radius 3 is 2.33 bits per heavy atom. The van der Waals surface area contributed by atoms with Crippen LogP contribution in [0.5, 0.6) is 11.5 Å². The second-order valence-corrected chi connectivity index (χ2v) is 5.96. The van der Waals surface area contributed by atoms with Crippen molar-refractivity contribution in [2.75, 3.05) is 24.6 Å². The average Bonchev–Trinajstić information content (AvgIpc) is 3.25. The molecule has 3 rings (SSSR count). The zero-order chi connectivity index (χ0) is 16.9. The molecule has 0 radical (unpaired) electrons. The van der Waals surface area contributed by atoms with Crippen molar-refractivity contribution >= 4 is 5.95 Å². The van der Waals surface area contributed by atoms with E-state index in [-0.39, 0.29) is 6.10 Å². The SMILES string of the molecule is CCOc1ccc(OC(C)c2nnc(N3CCCC3)n2CC)cc1. The highest BCUT2D eigenvalue weighted by Crippen LogP contribution is 2.26. The fourth-order valence-corrected chi connectivity index (χ4v) is 3.10. The van der Waals surface area contributed by atoms with Gasteiger partial charge in [0.05, 0.1) is 6.61 Å². The fraction of sp³-hybridized carbons (Fsp3) is 0.556. The number of aromatic nitrogens is 3. The van der Waals surface area contributed by atoms with Gasteiger partial charge in [0.1, 0.15) is 11.5 Å². The van der Waals surface area contributed by atoms with Crippen LogP contribution >= 0.6 is 0 Å². The zero-order valence-corrected chi connectivity index (χ0v) is 14.7. The third-order valence-electron chi connectivity index (χ3n) is 4.28. The number of hydrogen-bond acceptors (Lipinski definition) is 5. The molecular weight excluding hydrogens is 304 g/mol. The predicted molar refractivity (Wildman–Crippen MR) is 93.8 cm³/mol. The summed E-state index contributed by atoms with van der Waals surface area (Å²) < 4.78 is 13.7. The maximum Gasteiger partial charge on any atom is 0.227 e. The van der Waals surface area contributed by atoms with Gasteiger partial charge >= 0.3 is 0 Å². The fourth-order valence-electron chi connectivity index (χ4n) is 3.10. The lowest BCUT2D eigenvalue weighted by atomic mass is 10.3. The van der Waals surface area contributed by atoms with E-state index in [1.807, 2.05) is 38.1 Å². The summed E-state index contributed by atoms with van der Waals surface area (Å²) in [5, 5.41) is 8.81. The molecule has 0 aliphatic carbocycles. The molecule has 6 heteroatoms. The largest absolute Gasteiger partial charge is 0.494 e. The van der Waals surface area contributed by atoms with Crippen LogP contribution in [0.1, 0.15) is 45.5 Å². The van der Waals surface area contributed by atoms with E-state index in [9.17, 15) is 0 Å². The van der Waals surface area contributed by atoms with E-state index in [4.69, 9.17) is 9.47 Å². The van der Waals surface area contributed by atoms with Gasteiger partial charge in [0.2, 0.25) is 5.95 Å². The quantitative estimate of drug-likeness (QED) is 0.778. The van der Waals surface area contributed by atoms with Crippen LogP contribution in [-0.2, 0) is 6.54 Å². The van der Waals surface area contributed by atoms with Gasteiger partial charge in [-0.25, -0.2) is 0 Å². The Balaban J connectivity index is 1.73. The van der Waals surface area contributed by atoms with Gasteiger partial charge in [0, 0.05) is 19.6 Å². The molecule has 130 valence electrons. The molecule has 0 bridgehead atoms. The molecule has 1 atom stereocenters. The maximum atomic E-state index is 6.05. The minimum atomic E-state index is -0.160. The molecule has 0 spiro atoms. The van der Waals surface area contributed by atoms with Crippen molar-refractivity contribution in [3.8, 4) is 11.5 Å². The lowest BCUT2D eigenvalue weighted by Gasteiger charge is -2.19. The van der Waals surface area contributed by atoms with Crippen molar-refractivity contribution in [3.63, 3.8) is 0 Å². The van der Waals surface area contributed by atoms with Crippen molar-refractivity contribution in [2.24, 2.45) is 0 Å². The molecule has 2 aromatic rings. The third-order valence-corrected chi connectivity index (χ3v) is 4.28. The Bertz CT molecular complexity index is 648. The topological polar surface area (TPSA) is 52.4 Å². The van der Waals surface area contributed by atoms with Crippen LogP contribution in [0.2, 0.25) is 0 Å². The van der Waals surface area contributed by atoms with Crippen LogP contribution in [0.3, 0.4) is 0 Å². The molecule has 1 aliphatic rings. The van der Waals surface area contributed by atoms with Crippen molar-refractivity contribution in [1.29, 1.82) is 0 Å². The first kappa shape index (κ1) is 16.6. The Hall–Kier alpha value is -2.24. The zero-order valence-electron chi connectivity index (χ0n) is 14.7. The number of anilines is 1. The van der Waals surface area contributed by atoms with E-state index in [2.05, 4.69) is 26.6 Å².